The van der Waals surface area contributed by atoms with Gasteiger partial charge in [-0.3, -0.25) is 19.6 Å². The molecule has 0 unspecified atom stereocenters. The second kappa shape index (κ2) is 5.23. The Balaban J connectivity index is 0.000000149. The van der Waals surface area contributed by atoms with Gasteiger partial charge in [-0.2, -0.15) is 0 Å². The minimum Gasteiger partial charge on any atom is -0.330 e. The summed E-state index contributed by atoms with van der Waals surface area (Å²) in [5.74, 6) is 0. The normalized spacial score (nSPS) is 41.2. The summed E-state index contributed by atoms with van der Waals surface area (Å²) < 4.78 is 0. The first-order valence-corrected chi connectivity index (χ1v) is 5.91. The minimum atomic E-state index is 0.844. The molecule has 4 aliphatic heterocycles. The monoisotopic (exact) mass is 213 g/mol. The number of hydrogen-bond acceptors (Lipinski definition) is 5. The maximum Gasteiger partial charge on any atom is 0.0555 e. The zero-order valence-electron chi connectivity index (χ0n) is 9.73. The maximum absolute atomic E-state index is 5.14. The molecule has 0 saturated carbocycles. The van der Waals surface area contributed by atoms with Gasteiger partial charge in [-0.15, -0.1) is 0 Å². The Hall–Kier alpha value is -0.200. The minimum absolute atomic E-state index is 0.844. The molecule has 5 heteroatoms. The van der Waals surface area contributed by atoms with Crippen LogP contribution in [0.15, 0.2) is 0 Å². The lowest BCUT2D eigenvalue weighted by Gasteiger charge is -2.56. The van der Waals surface area contributed by atoms with E-state index in [1.54, 1.807) is 0 Å². The molecule has 2 N–H and O–H groups in total. The molecule has 0 amide bonds. The van der Waals surface area contributed by atoms with Crippen molar-refractivity contribution in [1.82, 2.24) is 19.6 Å². The van der Waals surface area contributed by atoms with Gasteiger partial charge in [0, 0.05) is 0 Å². The first kappa shape index (κ1) is 11.3. The van der Waals surface area contributed by atoms with E-state index in [2.05, 4.69) is 26.5 Å². The molecule has 0 aliphatic carbocycles. The molecule has 4 aliphatic rings. The lowest BCUT2D eigenvalue weighted by molar-refractivity contribution is -0.194. The molecule has 0 aromatic heterocycles. The van der Waals surface area contributed by atoms with Crippen molar-refractivity contribution in [2.45, 2.75) is 19.8 Å². The Bertz CT molecular complexity index is 138. The second-order valence-corrected chi connectivity index (χ2v) is 4.67. The van der Waals surface area contributed by atoms with Gasteiger partial charge in [-0.1, -0.05) is 13.3 Å². The molecule has 0 aromatic rings. The average molecular weight is 213 g/mol. The largest absolute Gasteiger partial charge is 0.330 e. The predicted molar refractivity (Wildman–Crippen MR) is 60.5 cm³/mol. The van der Waals surface area contributed by atoms with Crippen LogP contribution in [0.1, 0.15) is 19.8 Å². The van der Waals surface area contributed by atoms with Gasteiger partial charge in [0.2, 0.25) is 0 Å². The van der Waals surface area contributed by atoms with E-state index in [9.17, 15) is 0 Å². The van der Waals surface area contributed by atoms with Crippen LogP contribution in [-0.2, 0) is 0 Å². The van der Waals surface area contributed by atoms with Crippen LogP contribution in [0, 0.1) is 0 Å². The van der Waals surface area contributed by atoms with E-state index in [0.717, 1.165) is 6.54 Å². The highest BCUT2D eigenvalue weighted by Gasteiger charge is 2.36. The van der Waals surface area contributed by atoms with Gasteiger partial charge in [0.25, 0.3) is 0 Å². The van der Waals surface area contributed by atoms with Crippen LogP contribution < -0.4 is 5.73 Å². The van der Waals surface area contributed by atoms with Crippen LogP contribution >= 0.6 is 0 Å². The molecule has 0 radical (unpaired) electrons. The number of unbranched alkanes of at least 4 members (excludes halogenated alkanes) is 1. The first-order valence-electron chi connectivity index (χ1n) is 5.91. The van der Waals surface area contributed by atoms with Crippen LogP contribution in [0.3, 0.4) is 0 Å². The van der Waals surface area contributed by atoms with Crippen molar-refractivity contribution in [2.24, 2.45) is 5.73 Å². The molecule has 15 heavy (non-hydrogen) atoms. The summed E-state index contributed by atoms with van der Waals surface area (Å²) in [7, 11) is 0. The van der Waals surface area contributed by atoms with Crippen molar-refractivity contribution in [3.8, 4) is 0 Å². The van der Waals surface area contributed by atoms with Crippen molar-refractivity contribution >= 4 is 0 Å². The molecule has 88 valence electrons. The fraction of sp³-hybridized carbons (Fsp3) is 1.00. The Morgan fingerprint density at radius 2 is 1.13 bits per heavy atom. The lowest BCUT2D eigenvalue weighted by atomic mass is 10.3. The van der Waals surface area contributed by atoms with Gasteiger partial charge >= 0.3 is 0 Å². The van der Waals surface area contributed by atoms with Gasteiger partial charge in [-0.25, -0.2) is 0 Å². The molecule has 4 bridgehead atoms. The predicted octanol–water partition coefficient (Wildman–Crippen LogP) is -0.275. The fourth-order valence-corrected chi connectivity index (χ4v) is 2.44. The SMILES string of the molecule is C1N2CN3CN1CN(C2)C3.CCCCN. The van der Waals surface area contributed by atoms with Crippen LogP contribution in [0.4, 0.5) is 0 Å². The number of rotatable bonds is 2. The molecule has 5 nitrogen and oxygen atoms in total. The molecule has 0 aromatic carbocycles. The molecule has 4 fully saturated rings. The van der Waals surface area contributed by atoms with E-state index < -0.39 is 0 Å². The quantitative estimate of drug-likeness (QED) is 0.683. The van der Waals surface area contributed by atoms with E-state index >= 15 is 0 Å². The number of hydrogen-bond donors (Lipinski definition) is 1. The zero-order chi connectivity index (χ0) is 10.7. The van der Waals surface area contributed by atoms with Crippen LogP contribution in [0.2, 0.25) is 0 Å². The zero-order valence-corrected chi connectivity index (χ0v) is 9.73. The lowest BCUT2D eigenvalue weighted by Crippen LogP contribution is -2.71. The third-order valence-electron chi connectivity index (χ3n) is 2.96. The summed E-state index contributed by atoms with van der Waals surface area (Å²) in [5.41, 5.74) is 5.14. The average Bonchev–Trinajstić information content (AvgIpc) is 2.17. The van der Waals surface area contributed by atoms with Gasteiger partial charge in [0.1, 0.15) is 0 Å². The van der Waals surface area contributed by atoms with E-state index in [1.165, 1.54) is 52.9 Å². The summed E-state index contributed by atoms with van der Waals surface area (Å²) >= 11 is 0. The van der Waals surface area contributed by atoms with Gasteiger partial charge < -0.3 is 5.73 Å². The van der Waals surface area contributed by atoms with Crippen molar-refractivity contribution in [3.63, 3.8) is 0 Å². The number of nitrogens with zero attached hydrogens (tertiary/aromatic N) is 4. The molecule has 0 atom stereocenters. The highest BCUT2D eigenvalue weighted by Crippen LogP contribution is 2.20. The topological polar surface area (TPSA) is 39.0 Å². The summed E-state index contributed by atoms with van der Waals surface area (Å²) in [6.07, 6.45) is 2.39. The second-order valence-electron chi connectivity index (χ2n) is 4.67. The van der Waals surface area contributed by atoms with Gasteiger partial charge in [0.15, 0.2) is 0 Å². The van der Waals surface area contributed by atoms with E-state index in [-0.39, 0.29) is 0 Å². The Morgan fingerprint density at radius 1 is 0.800 bits per heavy atom. The standard InChI is InChI=1S/C6H12N4.C4H11N/c1-7-2-9-4-8(1)5-10(3-7)6-9;1-2-3-4-5/h1-6H2;2-5H2,1H3. The van der Waals surface area contributed by atoms with Gasteiger partial charge in [0.05, 0.1) is 40.0 Å². The van der Waals surface area contributed by atoms with Crippen molar-refractivity contribution < 1.29 is 0 Å². The molecule has 0 spiro atoms. The number of nitrogens with two attached hydrogens (primary N) is 1. The first-order chi connectivity index (χ1) is 7.31. The fourth-order valence-electron chi connectivity index (χ4n) is 2.44. The summed E-state index contributed by atoms with van der Waals surface area (Å²) in [5, 5.41) is 0. The van der Waals surface area contributed by atoms with Crippen molar-refractivity contribution in [2.75, 3.05) is 46.6 Å². The highest BCUT2D eigenvalue weighted by molar-refractivity contribution is 4.79. The van der Waals surface area contributed by atoms with Crippen LogP contribution in [0.5, 0.6) is 0 Å². The van der Waals surface area contributed by atoms with Crippen molar-refractivity contribution in [1.29, 1.82) is 0 Å². The van der Waals surface area contributed by atoms with Crippen LogP contribution in [0.25, 0.3) is 0 Å². The smallest absolute Gasteiger partial charge is 0.0555 e. The Labute approximate surface area is 92.4 Å². The Kier molecular flexibility index (Phi) is 3.93. The summed E-state index contributed by atoms with van der Waals surface area (Å²) in [4.78, 5) is 9.88. The Morgan fingerprint density at radius 3 is 1.27 bits per heavy atom. The molecule has 4 heterocycles. The molecular weight excluding hydrogens is 190 g/mol. The van der Waals surface area contributed by atoms with E-state index in [1.807, 2.05) is 0 Å². The highest BCUT2D eigenvalue weighted by atomic mass is 15.7. The summed E-state index contributed by atoms with van der Waals surface area (Å²) in [6, 6.07) is 0. The maximum atomic E-state index is 5.14. The third-order valence-corrected chi connectivity index (χ3v) is 2.96. The molecule has 4 rings (SSSR count). The molecule has 4 saturated heterocycles. The molecular formula is C10H23N5. The van der Waals surface area contributed by atoms with E-state index in [4.69, 9.17) is 5.73 Å². The summed E-state index contributed by atoms with van der Waals surface area (Å²) in [6.45, 7) is 10.1. The van der Waals surface area contributed by atoms with Crippen LogP contribution in [-0.4, -0.2) is 66.2 Å². The third kappa shape index (κ3) is 2.89. The van der Waals surface area contributed by atoms with Gasteiger partial charge in [-0.05, 0) is 13.0 Å². The van der Waals surface area contributed by atoms with E-state index in [0.29, 0.717) is 0 Å². The van der Waals surface area contributed by atoms with Crippen molar-refractivity contribution in [3.05, 3.63) is 0 Å².